The normalized spacial score (nSPS) is 20.1. The second-order valence-electron chi connectivity index (χ2n) is 5.33. The summed E-state index contributed by atoms with van der Waals surface area (Å²) >= 11 is 6.03. The van der Waals surface area contributed by atoms with Gasteiger partial charge < -0.3 is 14.6 Å². The summed E-state index contributed by atoms with van der Waals surface area (Å²) in [5.41, 5.74) is 1.06. The van der Waals surface area contributed by atoms with Crippen LogP contribution in [-0.4, -0.2) is 43.9 Å². The van der Waals surface area contributed by atoms with E-state index in [2.05, 4.69) is 4.90 Å². The van der Waals surface area contributed by atoms with Crippen LogP contribution in [0.1, 0.15) is 18.4 Å². The Kier molecular flexibility index (Phi) is 5.52. The van der Waals surface area contributed by atoms with E-state index in [-0.39, 0.29) is 5.75 Å². The lowest BCUT2D eigenvalue weighted by atomic mass is 9.98. The molecule has 0 bridgehead atoms. The van der Waals surface area contributed by atoms with Crippen molar-refractivity contribution in [2.45, 2.75) is 19.4 Å². The van der Waals surface area contributed by atoms with Crippen LogP contribution >= 0.6 is 11.6 Å². The van der Waals surface area contributed by atoms with Gasteiger partial charge in [-0.25, -0.2) is 0 Å². The van der Waals surface area contributed by atoms with E-state index in [4.69, 9.17) is 21.1 Å². The van der Waals surface area contributed by atoms with Crippen LogP contribution in [0.2, 0.25) is 5.02 Å². The highest BCUT2D eigenvalue weighted by Gasteiger charge is 2.20. The van der Waals surface area contributed by atoms with E-state index >= 15 is 0 Å². The number of phenolic OH excluding ortho intramolecular Hbond substituents is 1. The Morgan fingerprint density at radius 3 is 2.90 bits per heavy atom. The van der Waals surface area contributed by atoms with E-state index in [1.54, 1.807) is 13.2 Å². The number of nitrogens with zero attached hydrogens (tertiary/aromatic N) is 1. The molecule has 4 nitrogen and oxygen atoms in total. The second-order valence-corrected chi connectivity index (χ2v) is 5.73. The first-order chi connectivity index (χ1) is 9.63. The van der Waals surface area contributed by atoms with Gasteiger partial charge in [0.05, 0.1) is 18.7 Å². The average molecular weight is 300 g/mol. The first-order valence-corrected chi connectivity index (χ1v) is 7.28. The number of phenols is 1. The van der Waals surface area contributed by atoms with Crippen molar-refractivity contribution in [3.8, 4) is 11.5 Å². The minimum Gasteiger partial charge on any atom is -0.503 e. The molecule has 1 atom stereocenters. The molecule has 1 aliphatic rings. The monoisotopic (exact) mass is 299 g/mol. The highest BCUT2D eigenvalue weighted by molar-refractivity contribution is 6.32. The van der Waals surface area contributed by atoms with E-state index in [9.17, 15) is 5.11 Å². The molecule has 5 heteroatoms. The minimum atomic E-state index is 0.00817. The van der Waals surface area contributed by atoms with Crippen LogP contribution in [0.4, 0.5) is 0 Å². The quantitative estimate of drug-likeness (QED) is 0.908. The van der Waals surface area contributed by atoms with E-state index < -0.39 is 0 Å². The van der Waals surface area contributed by atoms with E-state index in [1.165, 1.54) is 20.0 Å². The fourth-order valence-electron chi connectivity index (χ4n) is 2.80. The van der Waals surface area contributed by atoms with Crippen molar-refractivity contribution in [1.82, 2.24) is 4.90 Å². The minimum absolute atomic E-state index is 0.00817. The van der Waals surface area contributed by atoms with Crippen LogP contribution in [0.25, 0.3) is 0 Å². The molecule has 20 heavy (non-hydrogen) atoms. The zero-order valence-corrected chi connectivity index (χ0v) is 12.8. The molecule has 1 aliphatic heterocycles. The van der Waals surface area contributed by atoms with Gasteiger partial charge in [-0.2, -0.15) is 0 Å². The maximum Gasteiger partial charge on any atom is 0.176 e. The van der Waals surface area contributed by atoms with Crippen molar-refractivity contribution in [3.05, 3.63) is 22.7 Å². The number of rotatable bonds is 5. The number of hydrogen-bond acceptors (Lipinski definition) is 4. The van der Waals surface area contributed by atoms with Crippen LogP contribution in [-0.2, 0) is 11.3 Å². The molecule has 1 heterocycles. The molecule has 1 N–H and O–H groups in total. The molecule has 1 unspecified atom stereocenters. The van der Waals surface area contributed by atoms with Crippen LogP contribution in [0.5, 0.6) is 11.5 Å². The number of benzene rings is 1. The number of ether oxygens (including phenoxy) is 2. The molecular weight excluding hydrogens is 278 g/mol. The first kappa shape index (κ1) is 15.4. The Bertz CT molecular complexity index is 451. The summed E-state index contributed by atoms with van der Waals surface area (Å²) in [4.78, 5) is 2.40. The van der Waals surface area contributed by atoms with Gasteiger partial charge in [0.1, 0.15) is 0 Å². The number of piperidine rings is 1. The second kappa shape index (κ2) is 7.16. The largest absolute Gasteiger partial charge is 0.503 e. The van der Waals surface area contributed by atoms with Crippen molar-refractivity contribution in [3.63, 3.8) is 0 Å². The summed E-state index contributed by atoms with van der Waals surface area (Å²) in [5.74, 6) is 1.04. The molecule has 0 radical (unpaired) electrons. The standard InChI is InChI=1S/C15H22ClNO3/c1-19-10-11-4-3-5-17(8-11)9-12-6-13(16)15(18)14(7-12)20-2/h6-7,11,18H,3-5,8-10H2,1-2H3. The third-order valence-corrected chi connectivity index (χ3v) is 4.01. The highest BCUT2D eigenvalue weighted by atomic mass is 35.5. The lowest BCUT2D eigenvalue weighted by Crippen LogP contribution is -2.36. The van der Waals surface area contributed by atoms with E-state index in [0.717, 1.165) is 31.8 Å². The summed E-state index contributed by atoms with van der Waals surface area (Å²) in [5, 5.41) is 10.1. The fourth-order valence-corrected chi connectivity index (χ4v) is 3.03. The third kappa shape index (κ3) is 3.78. The van der Waals surface area contributed by atoms with Crippen molar-refractivity contribution < 1.29 is 14.6 Å². The summed E-state index contributed by atoms with van der Waals surface area (Å²) in [6, 6.07) is 3.65. The van der Waals surface area contributed by atoms with Crippen LogP contribution in [0.15, 0.2) is 12.1 Å². The van der Waals surface area contributed by atoms with Crippen molar-refractivity contribution in [2.75, 3.05) is 33.9 Å². The number of halogens is 1. The van der Waals surface area contributed by atoms with Gasteiger partial charge in [0.15, 0.2) is 11.5 Å². The lowest BCUT2D eigenvalue weighted by molar-refractivity contribution is 0.0873. The Morgan fingerprint density at radius 2 is 2.20 bits per heavy atom. The molecule has 1 aromatic carbocycles. The molecule has 1 aromatic rings. The predicted octanol–water partition coefficient (Wildman–Crippen LogP) is 2.91. The Morgan fingerprint density at radius 1 is 1.40 bits per heavy atom. The Hall–Kier alpha value is -0.970. The van der Waals surface area contributed by atoms with Gasteiger partial charge in [-0.15, -0.1) is 0 Å². The predicted molar refractivity (Wildman–Crippen MR) is 79.5 cm³/mol. The Labute approximate surface area is 125 Å². The molecule has 1 fully saturated rings. The van der Waals surface area contributed by atoms with Gasteiger partial charge in [0.2, 0.25) is 0 Å². The summed E-state index contributed by atoms with van der Waals surface area (Å²) in [7, 11) is 3.29. The van der Waals surface area contributed by atoms with Gasteiger partial charge >= 0.3 is 0 Å². The molecule has 0 aliphatic carbocycles. The zero-order valence-electron chi connectivity index (χ0n) is 12.1. The molecule has 0 amide bonds. The highest BCUT2D eigenvalue weighted by Crippen LogP contribution is 2.35. The van der Waals surface area contributed by atoms with Crippen molar-refractivity contribution in [2.24, 2.45) is 5.92 Å². The van der Waals surface area contributed by atoms with Crippen LogP contribution in [0.3, 0.4) is 0 Å². The molecule has 0 aromatic heterocycles. The average Bonchev–Trinajstić information content (AvgIpc) is 2.43. The molecule has 1 saturated heterocycles. The van der Waals surface area contributed by atoms with Crippen molar-refractivity contribution in [1.29, 1.82) is 0 Å². The topological polar surface area (TPSA) is 41.9 Å². The smallest absolute Gasteiger partial charge is 0.176 e. The van der Waals surface area contributed by atoms with E-state index in [1.807, 2.05) is 6.07 Å². The zero-order chi connectivity index (χ0) is 14.5. The molecule has 0 saturated carbocycles. The maximum atomic E-state index is 9.75. The van der Waals surface area contributed by atoms with Gasteiger partial charge in [-0.3, -0.25) is 4.90 Å². The summed E-state index contributed by atoms with van der Waals surface area (Å²) in [6.45, 7) is 3.75. The van der Waals surface area contributed by atoms with Crippen LogP contribution < -0.4 is 4.74 Å². The summed E-state index contributed by atoms with van der Waals surface area (Å²) < 4.78 is 10.4. The number of likely N-dealkylation sites (tertiary alicyclic amines) is 1. The number of methoxy groups -OCH3 is 2. The number of hydrogen-bond donors (Lipinski definition) is 1. The molecule has 0 spiro atoms. The summed E-state index contributed by atoms with van der Waals surface area (Å²) in [6.07, 6.45) is 2.42. The maximum absolute atomic E-state index is 9.75. The third-order valence-electron chi connectivity index (χ3n) is 3.72. The van der Waals surface area contributed by atoms with Crippen molar-refractivity contribution >= 4 is 11.6 Å². The lowest BCUT2D eigenvalue weighted by Gasteiger charge is -2.32. The molecule has 112 valence electrons. The number of aromatic hydroxyl groups is 1. The van der Waals surface area contributed by atoms with Gasteiger partial charge in [-0.1, -0.05) is 11.6 Å². The SMILES string of the molecule is COCC1CCCN(Cc2cc(Cl)c(O)c(OC)c2)C1. The van der Waals surface area contributed by atoms with Gasteiger partial charge in [-0.05, 0) is 43.0 Å². The van der Waals surface area contributed by atoms with E-state index in [0.29, 0.717) is 16.7 Å². The van der Waals surface area contributed by atoms with Crippen LogP contribution in [0, 0.1) is 5.92 Å². The van der Waals surface area contributed by atoms with Gasteiger partial charge in [0.25, 0.3) is 0 Å². The van der Waals surface area contributed by atoms with Gasteiger partial charge in [0, 0.05) is 20.2 Å². The fraction of sp³-hybridized carbons (Fsp3) is 0.600. The molecular formula is C15H22ClNO3. The molecule has 2 rings (SSSR count). The first-order valence-electron chi connectivity index (χ1n) is 6.90. The Balaban J connectivity index is 2.04.